The molecule has 11 heavy (non-hydrogen) atoms. The van der Waals surface area contributed by atoms with Gasteiger partial charge in [-0.15, -0.1) is 0 Å². The van der Waals surface area contributed by atoms with E-state index in [2.05, 4.69) is 4.74 Å². The molecule has 0 saturated carbocycles. The Hall–Kier alpha value is 0.00468. The number of ether oxygens (including phenoxy) is 1. The molecule has 0 bridgehead atoms. The maximum absolute atomic E-state index is 10.3. The van der Waals surface area contributed by atoms with Crippen molar-refractivity contribution in [3.8, 4) is 0 Å². The summed E-state index contributed by atoms with van der Waals surface area (Å²) >= 11 is 0. The van der Waals surface area contributed by atoms with Crippen molar-refractivity contribution in [3.63, 3.8) is 0 Å². The molecule has 5 heteroatoms. The average Bonchev–Trinajstić information content (AvgIpc) is 1.85. The zero-order chi connectivity index (χ0) is 7.98. The van der Waals surface area contributed by atoms with Gasteiger partial charge in [0.15, 0.2) is 0 Å². The third-order valence-corrected chi connectivity index (χ3v) is 0.642. The fourth-order valence-corrected chi connectivity index (χ4v) is 0.326. The number of carbonyl (C=O) groups excluding carboxylic acids is 2. The summed E-state index contributed by atoms with van der Waals surface area (Å²) in [6, 6.07) is 0. The van der Waals surface area contributed by atoms with Crippen LogP contribution in [0.3, 0.4) is 0 Å². The third kappa shape index (κ3) is 10.0. The molecular weight excluding hydrogens is 293 g/mol. The van der Waals surface area contributed by atoms with Crippen molar-refractivity contribution in [2.45, 2.75) is 6.92 Å². The molecule has 0 radical (unpaired) electrons. The van der Waals surface area contributed by atoms with Crippen LogP contribution in [0.15, 0.2) is 12.2 Å². The second-order valence-corrected chi connectivity index (χ2v) is 1.40. The number of aliphatic carboxylic acids is 1. The maximum Gasteiger partial charge on any atom is 0.330 e. The second-order valence-electron chi connectivity index (χ2n) is 1.40. The monoisotopic (exact) mass is 301 g/mol. The van der Waals surface area contributed by atoms with Crippen LogP contribution in [0.2, 0.25) is 0 Å². The van der Waals surface area contributed by atoms with Crippen molar-refractivity contribution in [3.05, 3.63) is 12.2 Å². The number of rotatable bonds is 3. The van der Waals surface area contributed by atoms with E-state index in [1.54, 1.807) is 6.92 Å². The van der Waals surface area contributed by atoms with Crippen molar-refractivity contribution in [2.24, 2.45) is 0 Å². The molecule has 0 spiro atoms. The molecule has 0 unspecified atom stereocenters. The summed E-state index contributed by atoms with van der Waals surface area (Å²) in [7, 11) is 0. The van der Waals surface area contributed by atoms with Gasteiger partial charge in [0.25, 0.3) is 0 Å². The van der Waals surface area contributed by atoms with Gasteiger partial charge < -0.3 is 14.6 Å². The van der Waals surface area contributed by atoms with Gasteiger partial charge in [0.05, 0.1) is 12.6 Å². The topological polar surface area (TPSA) is 66.4 Å². The molecule has 64 valence electrons. The largest absolute Gasteiger partial charge is 0.545 e. The molecule has 0 N–H and O–H groups in total. The molecule has 0 aliphatic heterocycles. The number of carbonyl (C=O) groups is 2. The van der Waals surface area contributed by atoms with Crippen LogP contribution >= 0.6 is 0 Å². The smallest absolute Gasteiger partial charge is 0.330 e. The minimum atomic E-state index is -1.41. The standard InChI is InChI=1S/C6H8O4.Gd/c1-2-10-6(9)4-3-5(7)8;/h3-4H,2H2,1H3,(H,7,8);/p-1/b4-3-;. The predicted molar refractivity (Wildman–Crippen MR) is 30.8 cm³/mol. The van der Waals surface area contributed by atoms with Crippen LogP contribution in [0.5, 0.6) is 0 Å². The van der Waals surface area contributed by atoms with Crippen LogP contribution in [-0.2, 0) is 14.3 Å². The summed E-state index contributed by atoms with van der Waals surface area (Å²) in [4.78, 5) is 20.0. The van der Waals surface area contributed by atoms with Gasteiger partial charge >= 0.3 is 5.97 Å². The minimum absolute atomic E-state index is 0. The molecule has 0 aromatic heterocycles. The van der Waals surface area contributed by atoms with E-state index in [-0.39, 0.29) is 46.5 Å². The Morgan fingerprint density at radius 3 is 2.36 bits per heavy atom. The summed E-state index contributed by atoms with van der Waals surface area (Å²) in [5.41, 5.74) is 0. The summed E-state index contributed by atoms with van der Waals surface area (Å²) in [6.45, 7) is 1.86. The Morgan fingerprint density at radius 2 is 2.00 bits per heavy atom. The summed E-state index contributed by atoms with van der Waals surface area (Å²) in [5, 5.41) is 9.70. The van der Waals surface area contributed by atoms with Gasteiger partial charge in [-0.3, -0.25) is 0 Å². The number of esters is 1. The third-order valence-electron chi connectivity index (χ3n) is 0.642. The minimum Gasteiger partial charge on any atom is -0.545 e. The first-order chi connectivity index (χ1) is 4.66. The average molecular weight is 300 g/mol. The molecule has 4 nitrogen and oxygen atoms in total. The van der Waals surface area contributed by atoms with Gasteiger partial charge in [0, 0.05) is 46.0 Å². The van der Waals surface area contributed by atoms with Crippen LogP contribution in [-0.4, -0.2) is 18.5 Å². The van der Waals surface area contributed by atoms with E-state index in [9.17, 15) is 14.7 Å². The molecule has 0 aliphatic carbocycles. The molecule has 0 aromatic rings. The summed E-state index contributed by atoms with van der Waals surface area (Å²) < 4.78 is 4.38. The Morgan fingerprint density at radius 1 is 1.45 bits per heavy atom. The van der Waals surface area contributed by atoms with Gasteiger partial charge in [0.2, 0.25) is 0 Å². The first kappa shape index (κ1) is 13.6. The van der Waals surface area contributed by atoms with E-state index in [4.69, 9.17) is 0 Å². The second kappa shape index (κ2) is 8.10. The molecule has 0 rings (SSSR count). The van der Waals surface area contributed by atoms with Crippen molar-refractivity contribution < 1.29 is 59.4 Å². The first-order valence-corrected chi connectivity index (χ1v) is 2.72. The number of carboxylic acid groups (broad SMARTS) is 1. The SMILES string of the molecule is CCOC(=O)/C=C\C(=O)[O-].[Gd]. The number of carboxylic acids is 1. The van der Waals surface area contributed by atoms with E-state index in [0.29, 0.717) is 6.08 Å². The summed E-state index contributed by atoms with van der Waals surface area (Å²) in [5.74, 6) is -2.08. The van der Waals surface area contributed by atoms with Gasteiger partial charge in [-0.05, 0) is 13.0 Å². The predicted octanol–water partition coefficient (Wildman–Crippen LogP) is -1.14. The van der Waals surface area contributed by atoms with Crippen molar-refractivity contribution in [2.75, 3.05) is 6.61 Å². The van der Waals surface area contributed by atoms with Crippen molar-refractivity contribution in [1.29, 1.82) is 0 Å². The molecule has 0 saturated heterocycles. The van der Waals surface area contributed by atoms with Crippen LogP contribution in [0.1, 0.15) is 6.92 Å². The zero-order valence-electron chi connectivity index (χ0n) is 5.85. The van der Waals surface area contributed by atoms with E-state index in [1.165, 1.54) is 0 Å². The Labute approximate surface area is 96.3 Å². The van der Waals surface area contributed by atoms with Gasteiger partial charge in [-0.25, -0.2) is 4.79 Å². The van der Waals surface area contributed by atoms with E-state index in [1.807, 2.05) is 0 Å². The maximum atomic E-state index is 10.3. The Balaban J connectivity index is 0. The van der Waals surface area contributed by atoms with E-state index < -0.39 is 11.9 Å². The molecule has 0 aromatic carbocycles. The molecule has 0 fully saturated rings. The van der Waals surface area contributed by atoms with E-state index >= 15 is 0 Å². The summed E-state index contributed by atoms with van der Waals surface area (Å²) in [6.07, 6.45) is 1.43. The van der Waals surface area contributed by atoms with Crippen molar-refractivity contribution in [1.82, 2.24) is 0 Å². The number of hydrogen-bond acceptors (Lipinski definition) is 4. The van der Waals surface area contributed by atoms with Crippen LogP contribution in [0.25, 0.3) is 0 Å². The molecule has 0 atom stereocenters. The van der Waals surface area contributed by atoms with Gasteiger partial charge in [-0.2, -0.15) is 0 Å². The van der Waals surface area contributed by atoms with Crippen molar-refractivity contribution >= 4 is 11.9 Å². The molecular formula is C6H7GdO4-. The number of hydrogen-bond donors (Lipinski definition) is 0. The Bertz CT molecular complexity index is 164. The van der Waals surface area contributed by atoms with E-state index in [0.717, 1.165) is 6.08 Å². The van der Waals surface area contributed by atoms with Gasteiger partial charge in [-0.1, -0.05) is 0 Å². The van der Waals surface area contributed by atoms with Crippen LogP contribution in [0.4, 0.5) is 0 Å². The Kier molecular flexibility index (Phi) is 10.0. The van der Waals surface area contributed by atoms with Crippen LogP contribution in [0, 0.1) is 39.9 Å². The fraction of sp³-hybridized carbons (Fsp3) is 0.333. The fourth-order valence-electron chi connectivity index (χ4n) is 0.326. The molecule has 0 aliphatic rings. The first-order valence-electron chi connectivity index (χ1n) is 2.72. The zero-order valence-corrected chi connectivity index (χ0v) is 8.12. The van der Waals surface area contributed by atoms with Crippen LogP contribution < -0.4 is 5.11 Å². The normalized spacial score (nSPS) is 8.82. The van der Waals surface area contributed by atoms with Gasteiger partial charge in [0.1, 0.15) is 0 Å². The quantitative estimate of drug-likeness (QED) is 0.488. The molecule has 0 heterocycles. The molecule has 0 amide bonds.